The molecule has 0 atom stereocenters. The Hall–Kier alpha value is -1.55. The van der Waals surface area contributed by atoms with E-state index in [2.05, 4.69) is 34.9 Å². The molecule has 0 aliphatic carbocycles. The first-order chi connectivity index (χ1) is 8.86. The van der Waals surface area contributed by atoms with E-state index in [-0.39, 0.29) is 6.03 Å². The number of hydrogen-bond donors (Lipinski definition) is 2. The first kappa shape index (κ1) is 12.9. The molecule has 0 spiro atoms. The molecule has 1 aliphatic rings. The summed E-state index contributed by atoms with van der Waals surface area (Å²) in [5.41, 5.74) is 1.39. The molecule has 4 nitrogen and oxygen atoms in total. The number of carbonyl (C=O) groups excluding carboxylic acids is 1. The van der Waals surface area contributed by atoms with Gasteiger partial charge in [0.05, 0.1) is 0 Å². The lowest BCUT2D eigenvalue weighted by atomic mass is 10.1. The zero-order chi connectivity index (χ0) is 12.6. The number of urea groups is 1. The van der Waals surface area contributed by atoms with Crippen LogP contribution >= 0.6 is 0 Å². The van der Waals surface area contributed by atoms with Gasteiger partial charge < -0.3 is 15.5 Å². The van der Waals surface area contributed by atoms with Gasteiger partial charge in [0.1, 0.15) is 0 Å². The summed E-state index contributed by atoms with van der Waals surface area (Å²) in [5.74, 6) is 0. The van der Waals surface area contributed by atoms with Crippen molar-refractivity contribution in [3.63, 3.8) is 0 Å². The highest BCUT2D eigenvalue weighted by Gasteiger charge is 2.17. The van der Waals surface area contributed by atoms with Crippen LogP contribution in [-0.4, -0.2) is 43.7 Å². The second-order valence-corrected chi connectivity index (χ2v) is 4.56. The molecule has 2 amide bonds. The smallest absolute Gasteiger partial charge is 0.317 e. The van der Waals surface area contributed by atoms with Gasteiger partial charge in [-0.3, -0.25) is 0 Å². The monoisotopic (exact) mass is 247 g/mol. The van der Waals surface area contributed by atoms with Crippen LogP contribution in [-0.2, 0) is 6.42 Å². The Balaban J connectivity index is 1.50. The molecule has 18 heavy (non-hydrogen) atoms. The van der Waals surface area contributed by atoms with Crippen LogP contribution in [0.15, 0.2) is 30.3 Å². The molecule has 2 N–H and O–H groups in total. The maximum absolute atomic E-state index is 11.3. The Morgan fingerprint density at radius 1 is 1.22 bits per heavy atom. The molecule has 1 fully saturated rings. The van der Waals surface area contributed by atoms with Crippen molar-refractivity contribution in [2.75, 3.05) is 32.7 Å². The zero-order valence-corrected chi connectivity index (χ0v) is 10.7. The number of benzene rings is 1. The lowest BCUT2D eigenvalue weighted by molar-refractivity contribution is 0.217. The van der Waals surface area contributed by atoms with Gasteiger partial charge in [-0.1, -0.05) is 30.3 Å². The van der Waals surface area contributed by atoms with Crippen molar-refractivity contribution in [1.29, 1.82) is 0 Å². The molecule has 0 aromatic heterocycles. The Bertz CT molecular complexity index is 367. The Labute approximate surface area is 108 Å². The third-order valence-electron chi connectivity index (χ3n) is 3.17. The first-order valence-electron chi connectivity index (χ1n) is 6.64. The van der Waals surface area contributed by atoms with Crippen LogP contribution in [0.1, 0.15) is 12.0 Å². The number of rotatable bonds is 7. The molecule has 1 saturated heterocycles. The van der Waals surface area contributed by atoms with Gasteiger partial charge in [0.15, 0.2) is 0 Å². The fourth-order valence-corrected chi connectivity index (χ4v) is 2.13. The van der Waals surface area contributed by atoms with Gasteiger partial charge in [0, 0.05) is 26.2 Å². The molecule has 2 rings (SSSR count). The highest BCUT2D eigenvalue weighted by atomic mass is 16.2. The molecule has 1 aromatic rings. The normalized spacial score (nSPS) is 14.9. The molecule has 0 unspecified atom stereocenters. The van der Waals surface area contributed by atoms with Crippen LogP contribution in [0.4, 0.5) is 4.79 Å². The van der Waals surface area contributed by atoms with Crippen molar-refractivity contribution in [1.82, 2.24) is 15.5 Å². The minimum Gasteiger partial charge on any atom is -0.336 e. The molecule has 0 bridgehead atoms. The number of aryl methyl sites for hydroxylation is 1. The van der Waals surface area contributed by atoms with E-state index in [4.69, 9.17) is 0 Å². The van der Waals surface area contributed by atoms with E-state index in [1.807, 2.05) is 11.0 Å². The Kier molecular flexibility index (Phi) is 5.02. The number of hydrogen-bond acceptors (Lipinski definition) is 2. The summed E-state index contributed by atoms with van der Waals surface area (Å²) in [4.78, 5) is 13.1. The van der Waals surface area contributed by atoms with E-state index in [0.29, 0.717) is 0 Å². The summed E-state index contributed by atoms with van der Waals surface area (Å²) < 4.78 is 0. The summed E-state index contributed by atoms with van der Waals surface area (Å²) >= 11 is 0. The fraction of sp³-hybridized carbons (Fsp3) is 0.500. The predicted octanol–water partition coefficient (Wildman–Crippen LogP) is 1.23. The lowest BCUT2D eigenvalue weighted by Gasteiger charge is -2.14. The summed E-state index contributed by atoms with van der Waals surface area (Å²) in [6.07, 6.45) is 2.24. The zero-order valence-electron chi connectivity index (χ0n) is 10.7. The molecule has 1 aliphatic heterocycles. The number of carbonyl (C=O) groups is 1. The van der Waals surface area contributed by atoms with Gasteiger partial charge in [-0.25, -0.2) is 4.79 Å². The minimum atomic E-state index is 0.0704. The maximum Gasteiger partial charge on any atom is 0.317 e. The van der Waals surface area contributed by atoms with Crippen molar-refractivity contribution in [3.8, 4) is 0 Å². The van der Waals surface area contributed by atoms with Crippen molar-refractivity contribution in [3.05, 3.63) is 35.9 Å². The van der Waals surface area contributed by atoms with Gasteiger partial charge in [-0.15, -0.1) is 0 Å². The van der Waals surface area contributed by atoms with Gasteiger partial charge in [0.2, 0.25) is 0 Å². The van der Waals surface area contributed by atoms with Crippen LogP contribution in [0, 0.1) is 0 Å². The van der Waals surface area contributed by atoms with Crippen LogP contribution < -0.4 is 10.6 Å². The van der Waals surface area contributed by atoms with Crippen molar-refractivity contribution in [2.45, 2.75) is 12.8 Å². The second kappa shape index (κ2) is 7.01. The lowest BCUT2D eigenvalue weighted by Crippen LogP contribution is -2.35. The van der Waals surface area contributed by atoms with Crippen molar-refractivity contribution >= 4 is 6.03 Å². The fourth-order valence-electron chi connectivity index (χ4n) is 2.13. The van der Waals surface area contributed by atoms with Gasteiger partial charge in [-0.2, -0.15) is 0 Å². The quantitative estimate of drug-likeness (QED) is 0.712. The molecular formula is C14H21N3O. The van der Waals surface area contributed by atoms with Crippen molar-refractivity contribution < 1.29 is 4.79 Å². The third-order valence-corrected chi connectivity index (χ3v) is 3.17. The summed E-state index contributed by atoms with van der Waals surface area (Å²) in [7, 11) is 0. The third kappa shape index (κ3) is 4.04. The van der Waals surface area contributed by atoms with E-state index in [1.165, 1.54) is 5.56 Å². The van der Waals surface area contributed by atoms with E-state index in [9.17, 15) is 4.79 Å². The molecule has 1 aromatic carbocycles. The summed E-state index contributed by atoms with van der Waals surface area (Å²) in [5, 5.41) is 6.18. The number of nitrogens with one attached hydrogen (secondary N) is 2. The van der Waals surface area contributed by atoms with E-state index >= 15 is 0 Å². The highest BCUT2D eigenvalue weighted by Crippen LogP contribution is 2.01. The second-order valence-electron chi connectivity index (χ2n) is 4.56. The van der Waals surface area contributed by atoms with E-state index in [1.54, 1.807) is 0 Å². The summed E-state index contributed by atoms with van der Waals surface area (Å²) in [6.45, 7) is 4.31. The molecule has 4 heteroatoms. The number of nitrogens with zero attached hydrogens (tertiary/aromatic N) is 1. The van der Waals surface area contributed by atoms with Crippen LogP contribution in [0.25, 0.3) is 0 Å². The van der Waals surface area contributed by atoms with E-state index < -0.39 is 0 Å². The van der Waals surface area contributed by atoms with Crippen LogP contribution in [0.5, 0.6) is 0 Å². The first-order valence-corrected chi connectivity index (χ1v) is 6.64. The van der Waals surface area contributed by atoms with Gasteiger partial charge in [0.25, 0.3) is 0 Å². The van der Waals surface area contributed by atoms with E-state index in [0.717, 1.165) is 45.6 Å². The highest BCUT2D eigenvalue weighted by molar-refractivity contribution is 5.76. The molecule has 1 heterocycles. The average molecular weight is 247 g/mol. The average Bonchev–Trinajstić information content (AvgIpc) is 2.81. The predicted molar refractivity (Wildman–Crippen MR) is 72.6 cm³/mol. The molecular weight excluding hydrogens is 226 g/mol. The Morgan fingerprint density at radius 2 is 2.06 bits per heavy atom. The van der Waals surface area contributed by atoms with Gasteiger partial charge >= 0.3 is 6.03 Å². The number of amides is 2. The minimum absolute atomic E-state index is 0.0704. The molecule has 98 valence electrons. The van der Waals surface area contributed by atoms with Crippen LogP contribution in [0.3, 0.4) is 0 Å². The SMILES string of the molecule is O=C1NCCN1CCNCCCc1ccccc1. The standard InChI is InChI=1S/C14H21N3O/c18-14-16-10-12-17(14)11-9-15-8-4-7-13-5-2-1-3-6-13/h1-3,5-6,15H,4,7-12H2,(H,16,18). The summed E-state index contributed by atoms with van der Waals surface area (Å²) in [6, 6.07) is 10.6. The maximum atomic E-state index is 11.3. The Morgan fingerprint density at radius 3 is 2.78 bits per heavy atom. The van der Waals surface area contributed by atoms with Crippen molar-refractivity contribution in [2.24, 2.45) is 0 Å². The van der Waals surface area contributed by atoms with Gasteiger partial charge in [-0.05, 0) is 24.9 Å². The largest absolute Gasteiger partial charge is 0.336 e. The van der Waals surface area contributed by atoms with Crippen LogP contribution in [0.2, 0.25) is 0 Å². The topological polar surface area (TPSA) is 44.4 Å². The molecule has 0 radical (unpaired) electrons. The molecule has 0 saturated carbocycles.